The van der Waals surface area contributed by atoms with Crippen LogP contribution in [0.5, 0.6) is 11.5 Å². The molecule has 0 aliphatic carbocycles. The molecule has 30 heavy (non-hydrogen) atoms. The molecule has 4 rings (SSSR count). The Balaban J connectivity index is 1.50. The molecule has 0 saturated carbocycles. The number of fused-ring (bicyclic) bond motifs is 2. The summed E-state index contributed by atoms with van der Waals surface area (Å²) in [5.74, 6) is 0.700. The number of carbonyl (C=O) groups is 2. The third-order valence-electron chi connectivity index (χ3n) is 4.50. The molecular weight excluding hydrogens is 402 g/mol. The summed E-state index contributed by atoms with van der Waals surface area (Å²) in [5, 5.41) is 0.468. The van der Waals surface area contributed by atoms with Crippen LogP contribution in [0.2, 0.25) is 5.02 Å². The summed E-state index contributed by atoms with van der Waals surface area (Å²) in [6.07, 6.45) is 3.01. The van der Waals surface area contributed by atoms with Crippen LogP contribution in [0.25, 0.3) is 6.08 Å². The Kier molecular flexibility index (Phi) is 5.68. The molecule has 0 unspecified atom stereocenters. The minimum atomic E-state index is -0.514. The Bertz CT molecular complexity index is 1120. The molecule has 3 amide bonds. The zero-order chi connectivity index (χ0) is 20.9. The first-order valence-corrected chi connectivity index (χ1v) is 9.64. The van der Waals surface area contributed by atoms with Crippen molar-refractivity contribution in [3.05, 3.63) is 95.0 Å². The largest absolute Gasteiger partial charge is 0.455 e. The van der Waals surface area contributed by atoms with Crippen LogP contribution >= 0.6 is 11.6 Å². The fourth-order valence-corrected chi connectivity index (χ4v) is 3.20. The number of para-hydroxylation sites is 1. The molecule has 6 nitrogen and oxygen atoms in total. The predicted octanol–water partition coefficient (Wildman–Crippen LogP) is 4.91. The van der Waals surface area contributed by atoms with Crippen molar-refractivity contribution in [2.75, 3.05) is 4.90 Å². The molecule has 0 bridgehead atoms. The Morgan fingerprint density at radius 2 is 1.70 bits per heavy atom. The monoisotopic (exact) mass is 419 g/mol. The molecule has 3 aromatic rings. The number of nitrogens with zero attached hydrogens (tertiary/aromatic N) is 1. The molecule has 1 aliphatic rings. The predicted molar refractivity (Wildman–Crippen MR) is 116 cm³/mol. The Morgan fingerprint density at radius 3 is 2.53 bits per heavy atom. The number of anilines is 1. The number of hydrogen-bond donors (Lipinski definition) is 2. The lowest BCUT2D eigenvalue weighted by molar-refractivity contribution is -0.117. The molecule has 2 N–H and O–H groups in total. The van der Waals surface area contributed by atoms with Crippen LogP contribution in [0, 0.1) is 0 Å². The number of halogens is 1. The first-order valence-electron chi connectivity index (χ1n) is 9.26. The van der Waals surface area contributed by atoms with Crippen molar-refractivity contribution < 1.29 is 14.3 Å². The number of rotatable bonds is 2. The van der Waals surface area contributed by atoms with Gasteiger partial charge in [0.15, 0.2) is 5.75 Å². The number of amides is 3. The topological polar surface area (TPSA) is 70.7 Å². The summed E-state index contributed by atoms with van der Waals surface area (Å²) in [6, 6.07) is 21.4. The molecule has 1 heterocycles. The maximum absolute atomic E-state index is 12.9. The van der Waals surface area contributed by atoms with Gasteiger partial charge in [0.1, 0.15) is 5.75 Å². The summed E-state index contributed by atoms with van der Waals surface area (Å²) in [6.45, 7) is 0.255. The van der Waals surface area contributed by atoms with Crippen molar-refractivity contribution in [3.63, 3.8) is 0 Å². The second-order valence-corrected chi connectivity index (χ2v) is 7.01. The van der Waals surface area contributed by atoms with Gasteiger partial charge in [-0.15, -0.1) is 0 Å². The van der Waals surface area contributed by atoms with Crippen LogP contribution in [-0.2, 0) is 11.3 Å². The maximum Gasteiger partial charge on any atom is 0.341 e. The van der Waals surface area contributed by atoms with Crippen LogP contribution in [0.4, 0.5) is 10.5 Å². The normalized spacial score (nSPS) is 12.4. The van der Waals surface area contributed by atoms with Gasteiger partial charge in [0, 0.05) is 16.7 Å². The van der Waals surface area contributed by atoms with E-state index in [2.05, 4.69) is 10.9 Å². The standard InChI is InChI=1S/C23H18ClN3O3/c24-18-11-12-21-19(14-18)27(15-17-8-4-5-9-20(17)30-21)23(29)26-25-22(28)13-10-16-6-2-1-3-7-16/h1-14H,15H2,(H,25,28)(H,26,29)/b13-10+. The highest BCUT2D eigenvalue weighted by atomic mass is 35.5. The smallest absolute Gasteiger partial charge is 0.341 e. The van der Waals surface area contributed by atoms with Crippen molar-refractivity contribution in [2.45, 2.75) is 6.54 Å². The fourth-order valence-electron chi connectivity index (χ4n) is 3.04. The third kappa shape index (κ3) is 4.45. The Hall–Kier alpha value is -3.77. The Morgan fingerprint density at radius 1 is 0.933 bits per heavy atom. The lowest BCUT2D eigenvalue weighted by Gasteiger charge is -2.22. The van der Waals surface area contributed by atoms with Crippen molar-refractivity contribution in [1.82, 2.24) is 10.9 Å². The summed E-state index contributed by atoms with van der Waals surface area (Å²) < 4.78 is 5.97. The summed E-state index contributed by atoms with van der Waals surface area (Å²) in [7, 11) is 0. The van der Waals surface area contributed by atoms with Gasteiger partial charge in [-0.3, -0.25) is 15.1 Å². The summed E-state index contributed by atoms with van der Waals surface area (Å²) in [4.78, 5) is 26.4. The molecule has 0 fully saturated rings. The zero-order valence-corrected chi connectivity index (χ0v) is 16.6. The Labute approximate surface area is 178 Å². The second kappa shape index (κ2) is 8.71. The van der Waals surface area contributed by atoms with E-state index in [9.17, 15) is 9.59 Å². The molecule has 0 aromatic heterocycles. The van der Waals surface area contributed by atoms with Crippen LogP contribution in [0.1, 0.15) is 11.1 Å². The van der Waals surface area contributed by atoms with Gasteiger partial charge in [-0.2, -0.15) is 0 Å². The highest BCUT2D eigenvalue weighted by molar-refractivity contribution is 6.31. The van der Waals surface area contributed by atoms with Crippen molar-refractivity contribution >= 4 is 35.3 Å². The zero-order valence-electron chi connectivity index (χ0n) is 15.8. The molecule has 0 saturated heterocycles. The molecular formula is C23H18ClN3O3. The second-order valence-electron chi connectivity index (χ2n) is 6.57. The highest BCUT2D eigenvalue weighted by Crippen LogP contribution is 2.40. The number of carbonyl (C=O) groups excluding carboxylic acids is 2. The van der Waals surface area contributed by atoms with Gasteiger partial charge in [-0.05, 0) is 35.9 Å². The van der Waals surface area contributed by atoms with Crippen molar-refractivity contribution in [3.8, 4) is 11.5 Å². The lowest BCUT2D eigenvalue weighted by atomic mass is 10.2. The number of ether oxygens (including phenoxy) is 1. The molecule has 1 aliphatic heterocycles. The highest BCUT2D eigenvalue weighted by Gasteiger charge is 2.25. The SMILES string of the molecule is O=C(/C=C/c1ccccc1)NNC(=O)N1Cc2ccccc2Oc2ccc(Cl)cc21. The van der Waals surface area contributed by atoms with E-state index in [1.807, 2.05) is 54.6 Å². The number of benzene rings is 3. The van der Waals surface area contributed by atoms with E-state index < -0.39 is 11.9 Å². The average molecular weight is 420 g/mol. The van der Waals surface area contributed by atoms with Gasteiger partial charge >= 0.3 is 6.03 Å². The van der Waals surface area contributed by atoms with Crippen molar-refractivity contribution in [2.24, 2.45) is 0 Å². The lowest BCUT2D eigenvalue weighted by Crippen LogP contribution is -2.48. The van der Waals surface area contributed by atoms with Crippen LogP contribution in [0.15, 0.2) is 78.9 Å². The van der Waals surface area contributed by atoms with Gasteiger partial charge in [0.2, 0.25) is 0 Å². The van der Waals surface area contributed by atoms with Crippen molar-refractivity contribution in [1.29, 1.82) is 0 Å². The number of hydrazine groups is 1. The van der Waals surface area contributed by atoms with E-state index in [0.29, 0.717) is 22.2 Å². The van der Waals surface area contributed by atoms with Gasteiger partial charge in [0.05, 0.1) is 12.2 Å². The molecule has 7 heteroatoms. The van der Waals surface area contributed by atoms with Gasteiger partial charge in [0.25, 0.3) is 5.91 Å². The van der Waals surface area contributed by atoms with Gasteiger partial charge in [-0.1, -0.05) is 60.1 Å². The maximum atomic E-state index is 12.9. The van der Waals surface area contributed by atoms with Crippen LogP contribution < -0.4 is 20.5 Å². The van der Waals surface area contributed by atoms with Crippen LogP contribution in [-0.4, -0.2) is 11.9 Å². The van der Waals surface area contributed by atoms with E-state index >= 15 is 0 Å². The molecule has 150 valence electrons. The van der Waals surface area contributed by atoms with E-state index in [0.717, 1.165) is 11.1 Å². The van der Waals surface area contributed by atoms with Crippen LogP contribution in [0.3, 0.4) is 0 Å². The fraction of sp³-hybridized carbons (Fsp3) is 0.0435. The minimum Gasteiger partial charge on any atom is -0.455 e. The van der Waals surface area contributed by atoms with E-state index in [-0.39, 0.29) is 6.54 Å². The third-order valence-corrected chi connectivity index (χ3v) is 4.73. The quantitative estimate of drug-likeness (QED) is 0.458. The molecule has 0 radical (unpaired) electrons. The van der Waals surface area contributed by atoms with E-state index in [4.69, 9.17) is 16.3 Å². The summed E-state index contributed by atoms with van der Waals surface area (Å²) in [5.41, 5.74) is 7.06. The molecule has 0 spiro atoms. The summed E-state index contributed by atoms with van der Waals surface area (Å²) >= 11 is 6.15. The molecule has 3 aromatic carbocycles. The average Bonchev–Trinajstić information content (AvgIpc) is 2.93. The number of nitrogens with one attached hydrogen (secondary N) is 2. The molecule has 0 atom stereocenters. The first-order chi connectivity index (χ1) is 14.6. The first kappa shape index (κ1) is 19.5. The van der Waals surface area contributed by atoms with E-state index in [1.54, 1.807) is 24.3 Å². The number of hydrogen-bond acceptors (Lipinski definition) is 3. The minimum absolute atomic E-state index is 0.255. The number of urea groups is 1. The van der Waals surface area contributed by atoms with Gasteiger partial charge in [-0.25, -0.2) is 10.2 Å². The van der Waals surface area contributed by atoms with Gasteiger partial charge < -0.3 is 4.74 Å². The van der Waals surface area contributed by atoms with E-state index in [1.165, 1.54) is 11.0 Å².